The maximum Gasteiger partial charge on any atom is 0.408 e. The Labute approximate surface area is 183 Å². The number of nitrogens with zero attached hydrogens (tertiary/aromatic N) is 1. The SMILES string of the molecule is CCCCNC(=O)[C@@H]1Cc2cc(Cl)ccc2N1C(=O)[C@H](CC)NC(=O)OC(C)(C)C. The van der Waals surface area contributed by atoms with E-state index >= 15 is 0 Å². The van der Waals surface area contributed by atoms with Gasteiger partial charge >= 0.3 is 6.09 Å². The Bertz CT molecular complexity index is 791. The Kier molecular flexibility index (Phi) is 8.12. The molecule has 1 heterocycles. The van der Waals surface area contributed by atoms with E-state index in [1.807, 2.05) is 6.92 Å². The Hall–Kier alpha value is -2.28. The molecule has 0 aliphatic carbocycles. The van der Waals surface area contributed by atoms with Crippen molar-refractivity contribution < 1.29 is 19.1 Å². The fourth-order valence-corrected chi connectivity index (χ4v) is 3.56. The molecular weight excluding hydrogens is 406 g/mol. The molecule has 1 aromatic carbocycles. The first-order chi connectivity index (χ1) is 14.1. The molecule has 0 unspecified atom stereocenters. The molecule has 0 aromatic heterocycles. The van der Waals surface area contributed by atoms with E-state index in [0.29, 0.717) is 30.1 Å². The lowest BCUT2D eigenvalue weighted by Gasteiger charge is -2.29. The Morgan fingerprint density at radius 1 is 1.27 bits per heavy atom. The van der Waals surface area contributed by atoms with Gasteiger partial charge in [0.1, 0.15) is 17.7 Å². The second kappa shape index (κ2) is 10.2. The zero-order valence-corrected chi connectivity index (χ0v) is 19.1. The molecule has 8 heteroatoms. The molecule has 0 saturated heterocycles. The summed E-state index contributed by atoms with van der Waals surface area (Å²) in [6.45, 7) is 9.67. The first-order valence-corrected chi connectivity index (χ1v) is 10.8. The third kappa shape index (κ3) is 6.11. The summed E-state index contributed by atoms with van der Waals surface area (Å²) in [7, 11) is 0. The number of hydrogen-bond acceptors (Lipinski definition) is 4. The lowest BCUT2D eigenvalue weighted by Crippen LogP contribution is -2.55. The third-order valence-corrected chi connectivity index (χ3v) is 5.03. The van der Waals surface area contributed by atoms with Gasteiger partial charge in [0.2, 0.25) is 11.8 Å². The number of ether oxygens (including phenoxy) is 1. The highest BCUT2D eigenvalue weighted by atomic mass is 35.5. The lowest BCUT2D eigenvalue weighted by atomic mass is 10.1. The molecule has 0 fully saturated rings. The maximum atomic E-state index is 13.4. The summed E-state index contributed by atoms with van der Waals surface area (Å²) in [4.78, 5) is 40.0. The van der Waals surface area contributed by atoms with Gasteiger partial charge in [0.25, 0.3) is 0 Å². The number of anilines is 1. The number of carbonyl (C=O) groups is 3. The number of alkyl carbamates (subject to hydrolysis) is 1. The molecular formula is C22H32ClN3O4. The summed E-state index contributed by atoms with van der Waals surface area (Å²) in [5.41, 5.74) is 0.799. The average Bonchev–Trinajstić information content (AvgIpc) is 3.02. The van der Waals surface area contributed by atoms with Gasteiger partial charge in [-0.1, -0.05) is 31.9 Å². The van der Waals surface area contributed by atoms with Crippen molar-refractivity contribution in [1.29, 1.82) is 0 Å². The van der Waals surface area contributed by atoms with E-state index in [2.05, 4.69) is 10.6 Å². The van der Waals surface area contributed by atoms with Gasteiger partial charge in [0.05, 0.1) is 0 Å². The number of halogens is 1. The van der Waals surface area contributed by atoms with Crippen LogP contribution in [0, 0.1) is 0 Å². The zero-order chi connectivity index (χ0) is 22.5. The van der Waals surface area contributed by atoms with Crippen LogP contribution in [0.25, 0.3) is 0 Å². The standard InChI is InChI=1S/C22H32ClN3O4/c1-6-8-11-24-19(27)18-13-14-12-15(23)9-10-17(14)26(18)20(28)16(7-2)25-21(29)30-22(3,4)5/h9-10,12,16,18H,6-8,11,13H2,1-5H3,(H,24,27)(H,25,29)/t16-,18-/m0/s1. The largest absolute Gasteiger partial charge is 0.444 e. The van der Waals surface area contributed by atoms with Crippen molar-refractivity contribution in [1.82, 2.24) is 10.6 Å². The molecule has 2 rings (SSSR count). The number of hydrogen-bond donors (Lipinski definition) is 2. The first kappa shape index (κ1) is 24.0. The summed E-state index contributed by atoms with van der Waals surface area (Å²) in [6.07, 6.45) is 1.90. The summed E-state index contributed by atoms with van der Waals surface area (Å²) >= 11 is 6.12. The number of amides is 3. The van der Waals surface area contributed by atoms with Crippen LogP contribution in [-0.4, -0.2) is 42.1 Å². The molecule has 2 atom stereocenters. The summed E-state index contributed by atoms with van der Waals surface area (Å²) < 4.78 is 5.29. The molecule has 1 aliphatic rings. The van der Waals surface area contributed by atoms with Crippen LogP contribution in [0.15, 0.2) is 18.2 Å². The number of nitrogens with one attached hydrogen (secondary N) is 2. The minimum atomic E-state index is -0.813. The molecule has 166 valence electrons. The molecule has 3 amide bonds. The van der Waals surface area contributed by atoms with Crippen molar-refractivity contribution in [2.45, 2.75) is 78.0 Å². The fraction of sp³-hybridized carbons (Fsp3) is 0.591. The minimum Gasteiger partial charge on any atom is -0.444 e. The highest BCUT2D eigenvalue weighted by molar-refractivity contribution is 6.30. The normalized spacial score (nSPS) is 16.6. The van der Waals surface area contributed by atoms with E-state index in [1.165, 1.54) is 4.90 Å². The zero-order valence-electron chi connectivity index (χ0n) is 18.4. The monoisotopic (exact) mass is 437 g/mol. The topological polar surface area (TPSA) is 87.7 Å². The smallest absolute Gasteiger partial charge is 0.408 e. The molecule has 1 aliphatic heterocycles. The summed E-state index contributed by atoms with van der Waals surface area (Å²) in [6, 6.07) is 3.72. The van der Waals surface area contributed by atoms with E-state index in [-0.39, 0.29) is 11.8 Å². The van der Waals surface area contributed by atoms with E-state index in [0.717, 1.165) is 18.4 Å². The van der Waals surface area contributed by atoms with Gasteiger partial charge in [-0.25, -0.2) is 4.79 Å². The number of unbranched alkanes of at least 4 members (excludes halogenated alkanes) is 1. The molecule has 0 bridgehead atoms. The number of carbonyl (C=O) groups excluding carboxylic acids is 3. The molecule has 7 nitrogen and oxygen atoms in total. The average molecular weight is 438 g/mol. The van der Waals surface area contributed by atoms with Crippen molar-refractivity contribution in [2.24, 2.45) is 0 Å². The summed E-state index contributed by atoms with van der Waals surface area (Å²) in [5.74, 6) is -0.559. The summed E-state index contributed by atoms with van der Waals surface area (Å²) in [5, 5.41) is 6.10. The highest BCUT2D eigenvalue weighted by Gasteiger charge is 2.41. The van der Waals surface area contributed by atoms with Crippen LogP contribution in [0.3, 0.4) is 0 Å². The Morgan fingerprint density at radius 2 is 1.97 bits per heavy atom. The van der Waals surface area contributed by atoms with Crippen LogP contribution in [-0.2, 0) is 20.7 Å². The van der Waals surface area contributed by atoms with Gasteiger partial charge in [-0.15, -0.1) is 0 Å². The van der Waals surface area contributed by atoms with E-state index < -0.39 is 23.8 Å². The molecule has 0 radical (unpaired) electrons. The van der Waals surface area contributed by atoms with Gasteiger partial charge in [0, 0.05) is 23.7 Å². The van der Waals surface area contributed by atoms with Crippen molar-refractivity contribution >= 4 is 35.2 Å². The minimum absolute atomic E-state index is 0.212. The van der Waals surface area contributed by atoms with E-state index in [4.69, 9.17) is 16.3 Å². The molecule has 1 aromatic rings. The van der Waals surface area contributed by atoms with Crippen LogP contribution in [0.2, 0.25) is 5.02 Å². The quantitative estimate of drug-likeness (QED) is 0.635. The van der Waals surface area contributed by atoms with Crippen LogP contribution in [0.5, 0.6) is 0 Å². The second-order valence-electron chi connectivity index (χ2n) is 8.45. The number of fused-ring (bicyclic) bond motifs is 1. The van der Waals surface area contributed by atoms with Gasteiger partial charge < -0.3 is 15.4 Å². The van der Waals surface area contributed by atoms with Crippen molar-refractivity contribution in [3.05, 3.63) is 28.8 Å². The Morgan fingerprint density at radius 3 is 2.57 bits per heavy atom. The number of rotatable bonds is 7. The molecule has 0 saturated carbocycles. The van der Waals surface area contributed by atoms with Gasteiger partial charge in [0.15, 0.2) is 0 Å². The van der Waals surface area contributed by atoms with Gasteiger partial charge in [-0.2, -0.15) is 0 Å². The van der Waals surface area contributed by atoms with Crippen molar-refractivity contribution in [2.75, 3.05) is 11.4 Å². The molecule has 0 spiro atoms. The highest BCUT2D eigenvalue weighted by Crippen LogP contribution is 2.35. The second-order valence-corrected chi connectivity index (χ2v) is 8.89. The Balaban J connectivity index is 2.26. The maximum absolute atomic E-state index is 13.4. The fourth-order valence-electron chi connectivity index (χ4n) is 3.36. The number of benzene rings is 1. The van der Waals surface area contributed by atoms with E-state index in [1.54, 1.807) is 45.9 Å². The molecule has 2 N–H and O–H groups in total. The van der Waals surface area contributed by atoms with Gasteiger partial charge in [-0.05, 0) is 57.4 Å². The third-order valence-electron chi connectivity index (χ3n) is 4.79. The van der Waals surface area contributed by atoms with Crippen LogP contribution in [0.1, 0.15) is 59.4 Å². The predicted molar refractivity (Wildman–Crippen MR) is 118 cm³/mol. The van der Waals surface area contributed by atoms with Crippen LogP contribution < -0.4 is 15.5 Å². The molecule has 30 heavy (non-hydrogen) atoms. The van der Waals surface area contributed by atoms with E-state index in [9.17, 15) is 14.4 Å². The van der Waals surface area contributed by atoms with Crippen LogP contribution >= 0.6 is 11.6 Å². The van der Waals surface area contributed by atoms with Crippen molar-refractivity contribution in [3.8, 4) is 0 Å². The van der Waals surface area contributed by atoms with Gasteiger partial charge in [-0.3, -0.25) is 14.5 Å². The first-order valence-electron chi connectivity index (χ1n) is 10.5. The van der Waals surface area contributed by atoms with Crippen molar-refractivity contribution in [3.63, 3.8) is 0 Å². The predicted octanol–water partition coefficient (Wildman–Crippen LogP) is 3.82. The van der Waals surface area contributed by atoms with Crippen LogP contribution in [0.4, 0.5) is 10.5 Å². The lowest BCUT2D eigenvalue weighted by molar-refractivity contribution is -0.127.